The molecule has 132 valence electrons. The first-order valence-corrected chi connectivity index (χ1v) is 8.56. The van der Waals surface area contributed by atoms with Gasteiger partial charge in [0.1, 0.15) is 0 Å². The second kappa shape index (κ2) is 7.35. The largest absolute Gasteiger partial charge is 0.369 e. The molecule has 0 saturated heterocycles. The molecule has 5 heteroatoms. The van der Waals surface area contributed by atoms with Gasteiger partial charge in [-0.2, -0.15) is 0 Å². The van der Waals surface area contributed by atoms with Crippen LogP contribution in [-0.2, 0) is 4.79 Å². The number of benzene rings is 2. The molecule has 0 aliphatic rings. The van der Waals surface area contributed by atoms with Gasteiger partial charge in [0.2, 0.25) is 6.41 Å². The molecule has 0 spiro atoms. The Balaban J connectivity index is 2.42. The van der Waals surface area contributed by atoms with Crippen LogP contribution in [0.4, 0.5) is 5.69 Å². The molecular formula is C21H22N4O. The molecule has 3 aromatic rings. The molecular weight excluding hydrogens is 324 g/mol. The van der Waals surface area contributed by atoms with E-state index in [1.54, 1.807) is 0 Å². The Morgan fingerprint density at radius 1 is 1.15 bits per heavy atom. The number of guanidine groups is 1. The lowest BCUT2D eigenvalue weighted by Crippen LogP contribution is -2.29. The Morgan fingerprint density at radius 3 is 2.54 bits per heavy atom. The van der Waals surface area contributed by atoms with Gasteiger partial charge >= 0.3 is 0 Å². The lowest BCUT2D eigenvalue weighted by Gasteiger charge is -2.19. The number of hydrogen-bond acceptors (Lipinski definition) is 3. The van der Waals surface area contributed by atoms with E-state index >= 15 is 0 Å². The van der Waals surface area contributed by atoms with Crippen LogP contribution in [0, 0.1) is 6.92 Å². The normalized spacial score (nSPS) is 11.8. The third-order valence-corrected chi connectivity index (χ3v) is 4.32. The number of aliphatic imine (C=N–C) groups is 1. The first-order valence-electron chi connectivity index (χ1n) is 8.56. The predicted molar refractivity (Wildman–Crippen MR) is 106 cm³/mol. The zero-order valence-electron chi connectivity index (χ0n) is 15.2. The summed E-state index contributed by atoms with van der Waals surface area (Å²) in [7, 11) is 0. The highest BCUT2D eigenvalue weighted by Crippen LogP contribution is 2.40. The summed E-state index contributed by atoms with van der Waals surface area (Å²) in [5.41, 5.74) is 11.6. The summed E-state index contributed by atoms with van der Waals surface area (Å²) < 4.78 is 0. The summed E-state index contributed by atoms with van der Waals surface area (Å²) in [5.74, 6) is 0.235. The summed E-state index contributed by atoms with van der Waals surface area (Å²) in [4.78, 5) is 20.2. The molecule has 26 heavy (non-hydrogen) atoms. The van der Waals surface area contributed by atoms with E-state index in [1.807, 2.05) is 36.4 Å². The van der Waals surface area contributed by atoms with Gasteiger partial charge in [-0.3, -0.25) is 10.1 Å². The highest BCUT2D eigenvalue weighted by Gasteiger charge is 2.20. The lowest BCUT2D eigenvalue weighted by atomic mass is 9.91. The van der Waals surface area contributed by atoms with Crippen LogP contribution in [-0.4, -0.2) is 17.4 Å². The monoisotopic (exact) mass is 346 g/mol. The van der Waals surface area contributed by atoms with Crippen LogP contribution in [0.15, 0.2) is 53.5 Å². The zero-order valence-corrected chi connectivity index (χ0v) is 15.2. The van der Waals surface area contributed by atoms with Crippen LogP contribution in [0.1, 0.15) is 30.9 Å². The number of aryl methyl sites for hydroxylation is 1. The summed E-state index contributed by atoms with van der Waals surface area (Å²) in [6, 6.07) is 16.0. The molecule has 3 rings (SSSR count). The quantitative estimate of drug-likeness (QED) is 0.425. The fourth-order valence-corrected chi connectivity index (χ4v) is 3.13. The van der Waals surface area contributed by atoms with Crippen LogP contribution in [0.25, 0.3) is 22.2 Å². The first kappa shape index (κ1) is 17.6. The molecule has 5 nitrogen and oxygen atoms in total. The molecule has 1 heterocycles. The molecule has 0 aliphatic heterocycles. The second-order valence-electron chi connectivity index (χ2n) is 6.47. The van der Waals surface area contributed by atoms with Crippen molar-refractivity contribution in [3.05, 3.63) is 59.7 Å². The molecule has 0 atom stereocenters. The third kappa shape index (κ3) is 3.28. The van der Waals surface area contributed by atoms with Crippen LogP contribution >= 0.6 is 0 Å². The average molecular weight is 346 g/mol. The van der Waals surface area contributed by atoms with E-state index in [4.69, 9.17) is 10.7 Å². The number of nitrogens with zero attached hydrogens (tertiary/aromatic N) is 2. The van der Waals surface area contributed by atoms with Gasteiger partial charge in [0.05, 0.1) is 16.9 Å². The SMILES string of the molecule is Cc1ccccc1-c1nc2ccccc2c(N=C(N)NC=O)c1C(C)C. The van der Waals surface area contributed by atoms with Crippen molar-refractivity contribution in [1.82, 2.24) is 10.3 Å². The Kier molecular flexibility index (Phi) is 4.98. The van der Waals surface area contributed by atoms with E-state index < -0.39 is 0 Å². The lowest BCUT2D eigenvalue weighted by molar-refractivity contribution is -0.108. The van der Waals surface area contributed by atoms with Crippen molar-refractivity contribution in [2.45, 2.75) is 26.7 Å². The minimum Gasteiger partial charge on any atom is -0.369 e. The van der Waals surface area contributed by atoms with Crippen molar-refractivity contribution in [3.8, 4) is 11.3 Å². The number of para-hydroxylation sites is 1. The maximum absolute atomic E-state index is 10.7. The molecule has 3 N–H and O–H groups in total. The van der Waals surface area contributed by atoms with Crippen molar-refractivity contribution in [3.63, 3.8) is 0 Å². The number of aromatic nitrogens is 1. The minimum atomic E-state index is 0.0639. The van der Waals surface area contributed by atoms with E-state index in [0.29, 0.717) is 6.41 Å². The highest BCUT2D eigenvalue weighted by molar-refractivity contribution is 5.99. The van der Waals surface area contributed by atoms with Crippen molar-refractivity contribution in [2.24, 2.45) is 10.7 Å². The molecule has 0 unspecified atom stereocenters. The Labute approximate surface area is 153 Å². The number of nitrogens with one attached hydrogen (secondary N) is 1. The number of carbonyl (C=O) groups is 1. The fraction of sp³-hybridized carbons (Fsp3) is 0.190. The van der Waals surface area contributed by atoms with Crippen molar-refractivity contribution >= 4 is 29.0 Å². The van der Waals surface area contributed by atoms with Crippen molar-refractivity contribution < 1.29 is 4.79 Å². The van der Waals surface area contributed by atoms with E-state index in [9.17, 15) is 4.79 Å². The van der Waals surface area contributed by atoms with E-state index in [1.165, 1.54) is 0 Å². The number of nitrogens with two attached hydrogens (primary N) is 1. The van der Waals surface area contributed by atoms with Gasteiger partial charge in [0.25, 0.3) is 0 Å². The van der Waals surface area contributed by atoms with E-state index in [0.717, 1.165) is 39.0 Å². The summed E-state index contributed by atoms with van der Waals surface area (Å²) in [5, 5.41) is 3.33. The number of pyridine rings is 1. The number of carbonyl (C=O) groups excluding carboxylic acids is 1. The number of rotatable bonds is 4. The van der Waals surface area contributed by atoms with Gasteiger partial charge < -0.3 is 5.73 Å². The molecule has 0 saturated carbocycles. The Hall–Kier alpha value is -3.21. The van der Waals surface area contributed by atoms with Gasteiger partial charge in [-0.25, -0.2) is 9.98 Å². The van der Waals surface area contributed by atoms with Gasteiger partial charge in [-0.05, 0) is 24.5 Å². The highest BCUT2D eigenvalue weighted by atomic mass is 16.1. The van der Waals surface area contributed by atoms with Crippen LogP contribution in [0.5, 0.6) is 0 Å². The molecule has 0 aliphatic carbocycles. The van der Waals surface area contributed by atoms with Gasteiger partial charge in [0.15, 0.2) is 5.96 Å². The molecule has 1 amide bonds. The molecule has 0 fully saturated rings. The van der Waals surface area contributed by atoms with Crippen LogP contribution < -0.4 is 11.1 Å². The average Bonchev–Trinajstić information content (AvgIpc) is 2.61. The fourth-order valence-electron chi connectivity index (χ4n) is 3.13. The predicted octanol–water partition coefficient (Wildman–Crippen LogP) is 4.03. The van der Waals surface area contributed by atoms with Gasteiger partial charge in [-0.1, -0.05) is 56.3 Å². The van der Waals surface area contributed by atoms with Gasteiger partial charge in [-0.15, -0.1) is 0 Å². The standard InChI is InChI=1S/C21H22N4O/c1-13(2)18-19(15-9-5-4-8-14(15)3)24-17-11-7-6-10-16(17)20(18)25-21(22)23-12-26/h4-13H,1-3H3,(H3,22,23,24,25,26). The molecule has 0 radical (unpaired) electrons. The number of amides is 1. The Morgan fingerprint density at radius 2 is 1.85 bits per heavy atom. The van der Waals surface area contributed by atoms with Crippen LogP contribution in [0.2, 0.25) is 0 Å². The molecule has 2 aromatic carbocycles. The molecule has 1 aromatic heterocycles. The van der Waals surface area contributed by atoms with Gasteiger partial charge in [0, 0.05) is 16.5 Å². The number of fused-ring (bicyclic) bond motifs is 1. The Bertz CT molecular complexity index is 992. The first-order chi connectivity index (χ1) is 12.5. The third-order valence-electron chi connectivity index (χ3n) is 4.32. The minimum absolute atomic E-state index is 0.0639. The topological polar surface area (TPSA) is 80.4 Å². The number of hydrogen-bond donors (Lipinski definition) is 2. The van der Waals surface area contributed by atoms with E-state index in [2.05, 4.69) is 43.2 Å². The van der Waals surface area contributed by atoms with Crippen molar-refractivity contribution in [1.29, 1.82) is 0 Å². The maximum atomic E-state index is 10.7. The summed E-state index contributed by atoms with van der Waals surface area (Å²) in [6.07, 6.45) is 0.527. The van der Waals surface area contributed by atoms with Crippen molar-refractivity contribution in [2.75, 3.05) is 0 Å². The summed E-state index contributed by atoms with van der Waals surface area (Å²) in [6.45, 7) is 6.29. The van der Waals surface area contributed by atoms with Crippen LogP contribution in [0.3, 0.4) is 0 Å². The van der Waals surface area contributed by atoms with E-state index in [-0.39, 0.29) is 11.9 Å². The maximum Gasteiger partial charge on any atom is 0.213 e. The zero-order chi connectivity index (χ0) is 18.7. The second-order valence-corrected chi connectivity index (χ2v) is 6.47. The molecule has 0 bridgehead atoms. The smallest absolute Gasteiger partial charge is 0.213 e. The summed E-state index contributed by atoms with van der Waals surface area (Å²) >= 11 is 0.